The molecule has 1 aromatic rings. The van der Waals surface area contributed by atoms with Gasteiger partial charge in [-0.25, -0.2) is 8.42 Å². The molecule has 0 fully saturated rings. The fraction of sp³-hybridized carbons (Fsp3) is 0.500. The van der Waals surface area contributed by atoms with Gasteiger partial charge in [-0.05, 0) is 30.0 Å². The Morgan fingerprint density at radius 1 is 1.37 bits per heavy atom. The van der Waals surface area contributed by atoms with Crippen molar-refractivity contribution in [2.45, 2.75) is 38.1 Å². The summed E-state index contributed by atoms with van der Waals surface area (Å²) in [5.74, 6) is 0.201. The maximum atomic E-state index is 11.9. The number of sulfone groups is 1. The number of carbonyl (C=O) groups excluding carboxylic acids is 1. The van der Waals surface area contributed by atoms with E-state index in [2.05, 4.69) is 5.32 Å². The normalized spacial score (nSPS) is 17.0. The molecule has 0 aliphatic carbocycles. The van der Waals surface area contributed by atoms with Gasteiger partial charge in [-0.2, -0.15) is 0 Å². The lowest BCUT2D eigenvalue weighted by Crippen LogP contribution is -2.27. The molecule has 1 aliphatic rings. The van der Waals surface area contributed by atoms with Gasteiger partial charge in [0.15, 0.2) is 9.84 Å². The van der Waals surface area contributed by atoms with Gasteiger partial charge in [-0.15, -0.1) is 0 Å². The van der Waals surface area contributed by atoms with E-state index in [1.807, 2.05) is 19.9 Å². The van der Waals surface area contributed by atoms with Gasteiger partial charge in [0.1, 0.15) is 0 Å². The molecular formula is C14H19NO3S. The van der Waals surface area contributed by atoms with E-state index < -0.39 is 9.84 Å². The van der Waals surface area contributed by atoms with E-state index in [1.165, 1.54) is 0 Å². The summed E-state index contributed by atoms with van der Waals surface area (Å²) in [5.41, 5.74) is 1.83. The number of fused-ring (bicyclic) bond motifs is 1. The second-order valence-corrected chi connectivity index (χ2v) is 7.31. The topological polar surface area (TPSA) is 63.2 Å². The van der Waals surface area contributed by atoms with Crippen molar-refractivity contribution in [2.75, 3.05) is 5.75 Å². The van der Waals surface area contributed by atoms with Crippen molar-refractivity contribution in [3.05, 3.63) is 29.3 Å². The van der Waals surface area contributed by atoms with Crippen LogP contribution in [0.2, 0.25) is 0 Å². The number of rotatable bonds is 3. The quantitative estimate of drug-likeness (QED) is 0.917. The number of carbonyl (C=O) groups is 1. The van der Waals surface area contributed by atoms with Crippen LogP contribution in [0.15, 0.2) is 23.1 Å². The van der Waals surface area contributed by atoms with Gasteiger partial charge >= 0.3 is 0 Å². The van der Waals surface area contributed by atoms with Gasteiger partial charge < -0.3 is 5.32 Å². The molecule has 1 aliphatic heterocycles. The number of aryl methyl sites for hydroxylation is 1. The Bertz CT molecular complexity index is 591. The van der Waals surface area contributed by atoms with Gasteiger partial charge in [0.2, 0.25) is 5.91 Å². The second kappa shape index (κ2) is 5.33. The molecule has 0 atom stereocenters. The average molecular weight is 281 g/mol. The first-order valence-corrected chi connectivity index (χ1v) is 8.17. The molecule has 1 amide bonds. The van der Waals surface area contributed by atoms with Crippen LogP contribution < -0.4 is 5.32 Å². The summed E-state index contributed by atoms with van der Waals surface area (Å²) in [5, 5.41) is 2.84. The Morgan fingerprint density at radius 2 is 2.11 bits per heavy atom. The predicted octanol–water partition coefficient (Wildman–Crippen LogP) is 1.68. The lowest BCUT2D eigenvalue weighted by molar-refractivity contribution is -0.124. The molecular weight excluding hydrogens is 262 g/mol. The second-order valence-electron chi connectivity index (χ2n) is 5.24. The van der Waals surface area contributed by atoms with Gasteiger partial charge in [0.25, 0.3) is 0 Å². The van der Waals surface area contributed by atoms with E-state index in [4.69, 9.17) is 0 Å². The van der Waals surface area contributed by atoms with E-state index in [-0.39, 0.29) is 17.6 Å². The summed E-state index contributed by atoms with van der Waals surface area (Å²) in [4.78, 5) is 12.0. The van der Waals surface area contributed by atoms with E-state index in [1.54, 1.807) is 12.1 Å². The fourth-order valence-corrected chi connectivity index (χ4v) is 3.78. The molecule has 19 heavy (non-hydrogen) atoms. The van der Waals surface area contributed by atoms with Crippen LogP contribution in [-0.2, 0) is 27.6 Å². The largest absolute Gasteiger partial charge is 0.352 e. The molecule has 0 saturated heterocycles. The first kappa shape index (κ1) is 14.1. The molecule has 0 radical (unpaired) electrons. The van der Waals surface area contributed by atoms with Crippen LogP contribution in [-0.4, -0.2) is 20.1 Å². The average Bonchev–Trinajstić information content (AvgIpc) is 2.35. The summed E-state index contributed by atoms with van der Waals surface area (Å²) >= 11 is 0. The molecule has 0 unspecified atom stereocenters. The SMILES string of the molecule is CC(C)C(=O)NCc1ccc2c(c1)CCCS2(=O)=O. The Morgan fingerprint density at radius 3 is 2.79 bits per heavy atom. The minimum Gasteiger partial charge on any atom is -0.352 e. The van der Waals surface area contributed by atoms with Crippen molar-refractivity contribution in [3.8, 4) is 0 Å². The first-order chi connectivity index (χ1) is 8.90. The van der Waals surface area contributed by atoms with Gasteiger partial charge in [0.05, 0.1) is 10.6 Å². The number of benzene rings is 1. The first-order valence-electron chi connectivity index (χ1n) is 6.52. The van der Waals surface area contributed by atoms with Crippen molar-refractivity contribution < 1.29 is 13.2 Å². The van der Waals surface area contributed by atoms with Crippen LogP contribution >= 0.6 is 0 Å². The van der Waals surface area contributed by atoms with Crippen molar-refractivity contribution >= 4 is 15.7 Å². The molecule has 4 nitrogen and oxygen atoms in total. The zero-order valence-electron chi connectivity index (χ0n) is 11.3. The highest BCUT2D eigenvalue weighted by atomic mass is 32.2. The van der Waals surface area contributed by atoms with Crippen molar-refractivity contribution in [2.24, 2.45) is 5.92 Å². The highest BCUT2D eigenvalue weighted by Crippen LogP contribution is 2.25. The summed E-state index contributed by atoms with van der Waals surface area (Å²) in [6.07, 6.45) is 1.47. The van der Waals surface area contributed by atoms with Crippen molar-refractivity contribution in [3.63, 3.8) is 0 Å². The molecule has 0 bridgehead atoms. The van der Waals surface area contributed by atoms with E-state index in [9.17, 15) is 13.2 Å². The van der Waals surface area contributed by atoms with E-state index >= 15 is 0 Å². The molecule has 0 spiro atoms. The molecule has 1 heterocycles. The van der Waals surface area contributed by atoms with Crippen molar-refractivity contribution in [1.82, 2.24) is 5.32 Å². The zero-order valence-corrected chi connectivity index (χ0v) is 12.1. The van der Waals surface area contributed by atoms with E-state index in [0.29, 0.717) is 17.9 Å². The molecule has 5 heteroatoms. The van der Waals surface area contributed by atoms with E-state index in [0.717, 1.165) is 17.5 Å². The predicted molar refractivity (Wildman–Crippen MR) is 73.5 cm³/mol. The van der Waals surface area contributed by atoms with Crippen LogP contribution in [0.25, 0.3) is 0 Å². The third kappa shape index (κ3) is 3.15. The smallest absolute Gasteiger partial charge is 0.222 e. The lowest BCUT2D eigenvalue weighted by Gasteiger charge is -2.17. The summed E-state index contributed by atoms with van der Waals surface area (Å²) in [6.45, 7) is 4.13. The third-order valence-electron chi connectivity index (χ3n) is 3.31. The maximum absolute atomic E-state index is 11.9. The Kier molecular flexibility index (Phi) is 3.94. The third-order valence-corrected chi connectivity index (χ3v) is 5.20. The van der Waals surface area contributed by atoms with Crippen LogP contribution in [0.3, 0.4) is 0 Å². The van der Waals surface area contributed by atoms with Crippen LogP contribution in [0, 0.1) is 5.92 Å². The Hall–Kier alpha value is -1.36. The fourth-order valence-electron chi connectivity index (χ4n) is 2.20. The monoisotopic (exact) mass is 281 g/mol. The lowest BCUT2D eigenvalue weighted by atomic mass is 10.1. The highest BCUT2D eigenvalue weighted by Gasteiger charge is 2.23. The standard InChI is InChI=1S/C14H19NO3S/c1-10(2)14(16)15-9-11-5-6-13-12(8-11)4-3-7-19(13,17)18/h5-6,8,10H,3-4,7,9H2,1-2H3,(H,15,16). The van der Waals surface area contributed by atoms with Crippen molar-refractivity contribution in [1.29, 1.82) is 0 Å². The number of hydrogen-bond donors (Lipinski definition) is 1. The summed E-state index contributed by atoms with van der Waals surface area (Å²) in [7, 11) is -3.09. The van der Waals surface area contributed by atoms with Gasteiger partial charge in [0, 0.05) is 12.5 Å². The molecule has 1 aromatic carbocycles. The summed E-state index contributed by atoms with van der Waals surface area (Å²) in [6, 6.07) is 5.34. The molecule has 104 valence electrons. The Balaban J connectivity index is 2.16. The highest BCUT2D eigenvalue weighted by molar-refractivity contribution is 7.91. The number of nitrogens with one attached hydrogen (secondary N) is 1. The molecule has 1 N–H and O–H groups in total. The van der Waals surface area contributed by atoms with Gasteiger partial charge in [-0.3, -0.25) is 4.79 Å². The minimum atomic E-state index is -3.09. The van der Waals surface area contributed by atoms with Crippen LogP contribution in [0.4, 0.5) is 0 Å². The summed E-state index contributed by atoms with van der Waals surface area (Å²) < 4.78 is 23.7. The Labute approximate surface area is 114 Å². The van der Waals surface area contributed by atoms with Gasteiger partial charge in [-0.1, -0.05) is 26.0 Å². The van der Waals surface area contributed by atoms with Crippen LogP contribution in [0.1, 0.15) is 31.4 Å². The minimum absolute atomic E-state index is 0.00495. The molecule has 0 aromatic heterocycles. The van der Waals surface area contributed by atoms with Crippen LogP contribution in [0.5, 0.6) is 0 Å². The number of hydrogen-bond acceptors (Lipinski definition) is 3. The number of amides is 1. The zero-order chi connectivity index (χ0) is 14.0. The molecule has 0 saturated carbocycles. The molecule has 2 rings (SSSR count). The maximum Gasteiger partial charge on any atom is 0.222 e.